The van der Waals surface area contributed by atoms with Gasteiger partial charge in [0.25, 0.3) is 0 Å². The maximum Gasteiger partial charge on any atom is 0.395 e. The number of carbonyl (C=O) groups is 1. The monoisotopic (exact) mass is 217 g/mol. The Kier molecular flexibility index (Phi) is 5.07. The molecule has 0 N–H and O–H groups in total. The second-order valence-electron chi connectivity index (χ2n) is 3.46. The van der Waals surface area contributed by atoms with Crippen LogP contribution in [0.2, 0.25) is 0 Å². The summed E-state index contributed by atoms with van der Waals surface area (Å²) in [6.45, 7) is 9.45. The molecule has 1 unspecified atom stereocenters. The highest BCUT2D eigenvalue weighted by Gasteiger charge is 2.26. The van der Waals surface area contributed by atoms with Crippen LogP contribution < -0.4 is 0 Å². The van der Waals surface area contributed by atoms with Gasteiger partial charge in [-0.15, -0.1) is 0 Å². The zero-order valence-electron chi connectivity index (χ0n) is 9.35. The molecule has 1 aromatic carbocycles. The quantitative estimate of drug-likeness (QED) is 0.431. The summed E-state index contributed by atoms with van der Waals surface area (Å²) in [6.07, 6.45) is 1.81. The fraction of sp³-hybridized carbons (Fsp3) is 0.385. The molecule has 3 heteroatoms. The van der Waals surface area contributed by atoms with Gasteiger partial charge in [-0.2, -0.15) is 0 Å². The van der Waals surface area contributed by atoms with E-state index < -0.39 is 12.0 Å². The summed E-state index contributed by atoms with van der Waals surface area (Å²) in [7, 11) is 0. The molecule has 0 amide bonds. The fourth-order valence-corrected chi connectivity index (χ4v) is 1.29. The van der Waals surface area contributed by atoms with E-state index in [4.69, 9.17) is 11.3 Å². The van der Waals surface area contributed by atoms with Crippen molar-refractivity contribution < 1.29 is 9.53 Å². The van der Waals surface area contributed by atoms with Crippen molar-refractivity contribution in [2.75, 3.05) is 6.61 Å². The van der Waals surface area contributed by atoms with Crippen molar-refractivity contribution in [2.45, 2.75) is 25.8 Å². The van der Waals surface area contributed by atoms with Gasteiger partial charge >= 0.3 is 12.0 Å². The first-order valence-corrected chi connectivity index (χ1v) is 5.37. The van der Waals surface area contributed by atoms with Gasteiger partial charge in [0, 0.05) is 5.56 Å². The summed E-state index contributed by atoms with van der Waals surface area (Å²) < 4.78 is 5.04. The molecule has 16 heavy (non-hydrogen) atoms. The van der Waals surface area contributed by atoms with Crippen LogP contribution in [0.5, 0.6) is 0 Å². The normalized spacial score (nSPS) is 11.5. The van der Waals surface area contributed by atoms with Gasteiger partial charge in [-0.25, -0.2) is 11.4 Å². The second kappa shape index (κ2) is 6.62. The number of benzene rings is 1. The Morgan fingerprint density at radius 2 is 2.12 bits per heavy atom. The van der Waals surface area contributed by atoms with Gasteiger partial charge in [-0.1, -0.05) is 43.7 Å². The number of nitrogens with zero attached hydrogens (tertiary/aromatic N) is 1. The predicted molar refractivity (Wildman–Crippen MR) is 61.7 cm³/mol. The van der Waals surface area contributed by atoms with Crippen LogP contribution >= 0.6 is 0 Å². The zero-order valence-corrected chi connectivity index (χ0v) is 9.35. The number of carbonyl (C=O) groups excluding carboxylic acids is 1. The third-order valence-electron chi connectivity index (χ3n) is 2.21. The highest BCUT2D eigenvalue weighted by molar-refractivity contribution is 5.79. The second-order valence-corrected chi connectivity index (χ2v) is 3.46. The largest absolute Gasteiger partial charge is 0.460 e. The zero-order chi connectivity index (χ0) is 11.8. The number of hydrogen-bond acceptors (Lipinski definition) is 2. The summed E-state index contributed by atoms with van der Waals surface area (Å²) in [5.74, 6) is -0.449. The minimum atomic E-state index is -0.821. The van der Waals surface area contributed by atoms with Crippen LogP contribution in [-0.4, -0.2) is 12.6 Å². The van der Waals surface area contributed by atoms with Crippen molar-refractivity contribution >= 4 is 5.97 Å². The van der Waals surface area contributed by atoms with Crippen LogP contribution in [0.1, 0.15) is 31.4 Å². The molecule has 0 aliphatic carbocycles. The number of unbranched alkanes of at least 4 members (excludes halogenated alkanes) is 1. The summed E-state index contributed by atoms with van der Waals surface area (Å²) in [5.41, 5.74) is 0.694. The van der Waals surface area contributed by atoms with Crippen LogP contribution in [0, 0.1) is 6.57 Å². The van der Waals surface area contributed by atoms with E-state index in [0.29, 0.717) is 12.2 Å². The van der Waals surface area contributed by atoms with E-state index in [9.17, 15) is 4.79 Å². The van der Waals surface area contributed by atoms with Crippen molar-refractivity contribution in [3.63, 3.8) is 0 Å². The molecule has 0 aliphatic rings. The summed E-state index contributed by atoms with van der Waals surface area (Å²) in [6, 6.07) is 8.19. The Hall–Kier alpha value is -1.82. The Balaban J connectivity index is 2.62. The summed E-state index contributed by atoms with van der Waals surface area (Å²) in [5, 5.41) is 0. The van der Waals surface area contributed by atoms with E-state index in [-0.39, 0.29) is 0 Å². The van der Waals surface area contributed by atoms with Crippen molar-refractivity contribution in [2.24, 2.45) is 0 Å². The predicted octanol–water partition coefficient (Wildman–Crippen LogP) is 2.99. The molecule has 0 aromatic heterocycles. The Morgan fingerprint density at radius 3 is 2.69 bits per heavy atom. The van der Waals surface area contributed by atoms with Crippen LogP contribution in [0.25, 0.3) is 4.85 Å². The lowest BCUT2D eigenvalue weighted by Gasteiger charge is -2.06. The van der Waals surface area contributed by atoms with Gasteiger partial charge in [-0.3, -0.25) is 4.85 Å². The van der Waals surface area contributed by atoms with E-state index >= 15 is 0 Å². The minimum Gasteiger partial charge on any atom is -0.460 e. The topological polar surface area (TPSA) is 30.7 Å². The Bertz CT molecular complexity index is 367. The molecule has 0 heterocycles. The van der Waals surface area contributed by atoms with Crippen molar-refractivity contribution in [3.05, 3.63) is 47.3 Å². The van der Waals surface area contributed by atoms with E-state index in [1.54, 1.807) is 12.1 Å². The highest BCUT2D eigenvalue weighted by atomic mass is 16.5. The van der Waals surface area contributed by atoms with Gasteiger partial charge in [0.05, 0.1) is 6.61 Å². The van der Waals surface area contributed by atoms with Gasteiger partial charge in [0.15, 0.2) is 0 Å². The molecule has 0 bridgehead atoms. The van der Waals surface area contributed by atoms with Gasteiger partial charge in [0.1, 0.15) is 0 Å². The van der Waals surface area contributed by atoms with Crippen molar-refractivity contribution in [3.8, 4) is 0 Å². The van der Waals surface area contributed by atoms with Crippen LogP contribution in [-0.2, 0) is 9.53 Å². The van der Waals surface area contributed by atoms with Crippen molar-refractivity contribution in [1.29, 1.82) is 0 Å². The number of rotatable bonds is 5. The highest BCUT2D eigenvalue weighted by Crippen LogP contribution is 2.18. The van der Waals surface area contributed by atoms with Crippen LogP contribution in [0.4, 0.5) is 0 Å². The van der Waals surface area contributed by atoms with E-state index in [1.807, 2.05) is 25.1 Å². The third-order valence-corrected chi connectivity index (χ3v) is 2.21. The van der Waals surface area contributed by atoms with E-state index in [1.165, 1.54) is 0 Å². The Morgan fingerprint density at radius 1 is 1.44 bits per heavy atom. The average molecular weight is 217 g/mol. The van der Waals surface area contributed by atoms with Gasteiger partial charge in [-0.05, 0) is 6.42 Å². The first kappa shape index (κ1) is 12.3. The molecule has 0 radical (unpaired) electrons. The SMILES string of the molecule is [C-]#[N+]C(C(=O)OCCCC)c1ccccc1. The van der Waals surface area contributed by atoms with E-state index in [0.717, 1.165) is 12.8 Å². The van der Waals surface area contributed by atoms with E-state index in [2.05, 4.69) is 4.85 Å². The lowest BCUT2D eigenvalue weighted by molar-refractivity contribution is -0.144. The van der Waals surface area contributed by atoms with Crippen molar-refractivity contribution in [1.82, 2.24) is 0 Å². The van der Waals surface area contributed by atoms with Crippen LogP contribution in [0.3, 0.4) is 0 Å². The standard InChI is InChI=1S/C13H15NO2/c1-3-4-10-16-13(15)12(14-2)11-8-6-5-7-9-11/h5-9,12H,3-4,10H2,1H3. The molecule has 1 atom stereocenters. The van der Waals surface area contributed by atoms with Crippen LogP contribution in [0.15, 0.2) is 30.3 Å². The van der Waals surface area contributed by atoms with Gasteiger partial charge < -0.3 is 4.74 Å². The maximum absolute atomic E-state index is 11.6. The summed E-state index contributed by atoms with van der Waals surface area (Å²) >= 11 is 0. The molecule has 0 saturated heterocycles. The molecular formula is C13H15NO2. The molecule has 0 aliphatic heterocycles. The molecule has 0 spiro atoms. The lowest BCUT2D eigenvalue weighted by atomic mass is 10.1. The minimum absolute atomic E-state index is 0.397. The molecule has 0 fully saturated rings. The number of ether oxygens (including phenoxy) is 1. The molecule has 1 rings (SSSR count). The molecule has 1 aromatic rings. The number of esters is 1. The molecule has 84 valence electrons. The Labute approximate surface area is 95.9 Å². The fourth-order valence-electron chi connectivity index (χ4n) is 1.29. The first-order valence-electron chi connectivity index (χ1n) is 5.37. The van der Waals surface area contributed by atoms with Gasteiger partial charge in [0.2, 0.25) is 0 Å². The first-order chi connectivity index (χ1) is 7.79. The average Bonchev–Trinajstić information content (AvgIpc) is 2.32. The smallest absolute Gasteiger partial charge is 0.395 e. The molecule has 0 saturated carbocycles. The molecular weight excluding hydrogens is 202 g/mol. The summed E-state index contributed by atoms with van der Waals surface area (Å²) in [4.78, 5) is 14.9. The maximum atomic E-state index is 11.6. The lowest BCUT2D eigenvalue weighted by Crippen LogP contribution is -2.13. The third kappa shape index (κ3) is 3.39. The molecule has 3 nitrogen and oxygen atoms in total. The number of hydrogen-bond donors (Lipinski definition) is 0.